The summed E-state index contributed by atoms with van der Waals surface area (Å²) in [6.07, 6.45) is 6.20. The van der Waals surface area contributed by atoms with Crippen molar-refractivity contribution in [1.29, 1.82) is 0 Å². The lowest BCUT2D eigenvalue weighted by molar-refractivity contribution is 0.0941. The Morgan fingerprint density at radius 3 is 3.25 bits per heavy atom. The summed E-state index contributed by atoms with van der Waals surface area (Å²) in [4.78, 5) is 18.9. The molecule has 12 heavy (non-hydrogen) atoms. The highest BCUT2D eigenvalue weighted by molar-refractivity contribution is 5.97. The fraction of sp³-hybridized carbons (Fsp3) is 0. The molecule has 2 rings (SSSR count). The molecule has 0 fully saturated rings. The van der Waals surface area contributed by atoms with Crippen LogP contribution < -0.4 is 10.9 Å². The summed E-state index contributed by atoms with van der Waals surface area (Å²) in [5.74, 6) is -0.226. The van der Waals surface area contributed by atoms with Crippen LogP contribution in [0.1, 0.15) is 16.1 Å². The van der Waals surface area contributed by atoms with Gasteiger partial charge in [0.2, 0.25) is 0 Å². The fourth-order valence-corrected chi connectivity index (χ4v) is 0.942. The minimum Gasteiger partial charge on any atom is -0.306 e. The number of rotatable bonds is 0. The van der Waals surface area contributed by atoms with E-state index in [1.54, 1.807) is 12.3 Å². The number of fused-ring (bicyclic) bond motifs is 1. The first-order valence-electron chi connectivity index (χ1n) is 3.40. The summed E-state index contributed by atoms with van der Waals surface area (Å²) in [6.45, 7) is 0. The fourth-order valence-electron chi connectivity index (χ4n) is 0.942. The number of carbonyl (C=O) groups excluding carboxylic acids is 1. The van der Waals surface area contributed by atoms with Gasteiger partial charge in [-0.15, -0.1) is 0 Å². The van der Waals surface area contributed by atoms with Crippen LogP contribution in [0.25, 0.3) is 6.08 Å². The van der Waals surface area contributed by atoms with Crippen molar-refractivity contribution in [3.05, 3.63) is 30.0 Å². The van der Waals surface area contributed by atoms with Gasteiger partial charge in [-0.2, -0.15) is 0 Å². The molecule has 1 amide bonds. The molecule has 1 aliphatic heterocycles. The largest absolute Gasteiger partial charge is 0.306 e. The molecule has 1 aromatic rings. The summed E-state index contributed by atoms with van der Waals surface area (Å²) < 4.78 is 0. The van der Waals surface area contributed by atoms with Crippen LogP contribution in [-0.2, 0) is 0 Å². The van der Waals surface area contributed by atoms with E-state index in [0.29, 0.717) is 11.3 Å². The maximum atomic E-state index is 11.2. The average molecular weight is 162 g/mol. The first-order valence-corrected chi connectivity index (χ1v) is 3.40. The lowest BCUT2D eigenvalue weighted by atomic mass is 10.2. The highest BCUT2D eigenvalue weighted by atomic mass is 16.2. The molecule has 0 aliphatic carbocycles. The molecule has 0 radical (unpaired) electrons. The smallest absolute Gasteiger partial charge is 0.273 e. The lowest BCUT2D eigenvalue weighted by Crippen LogP contribution is -2.32. The molecular formula is C7H6N4O. The van der Waals surface area contributed by atoms with Crippen LogP contribution in [0.2, 0.25) is 0 Å². The molecular weight excluding hydrogens is 156 g/mol. The first-order chi connectivity index (χ1) is 5.88. The van der Waals surface area contributed by atoms with Gasteiger partial charge < -0.3 is 5.43 Å². The third-order valence-corrected chi connectivity index (χ3v) is 1.50. The van der Waals surface area contributed by atoms with Crippen molar-refractivity contribution in [1.82, 2.24) is 20.8 Å². The van der Waals surface area contributed by atoms with E-state index in [9.17, 15) is 4.79 Å². The summed E-state index contributed by atoms with van der Waals surface area (Å²) in [7, 11) is 0. The summed E-state index contributed by atoms with van der Waals surface area (Å²) >= 11 is 0. The van der Waals surface area contributed by atoms with Gasteiger partial charge in [0.15, 0.2) is 0 Å². The van der Waals surface area contributed by atoms with E-state index in [4.69, 9.17) is 0 Å². The Kier molecular flexibility index (Phi) is 1.48. The number of hydrogen-bond donors (Lipinski definition) is 2. The highest BCUT2D eigenvalue weighted by Gasteiger charge is 2.11. The van der Waals surface area contributed by atoms with E-state index >= 15 is 0 Å². The van der Waals surface area contributed by atoms with Gasteiger partial charge in [-0.25, -0.2) is 9.97 Å². The molecule has 0 aromatic carbocycles. The van der Waals surface area contributed by atoms with Gasteiger partial charge in [-0.1, -0.05) is 0 Å². The predicted molar refractivity (Wildman–Crippen MR) is 41.7 cm³/mol. The van der Waals surface area contributed by atoms with Crippen molar-refractivity contribution in [2.75, 3.05) is 0 Å². The van der Waals surface area contributed by atoms with Gasteiger partial charge in [0, 0.05) is 12.4 Å². The summed E-state index contributed by atoms with van der Waals surface area (Å²) in [5, 5.41) is 0. The molecule has 5 nitrogen and oxygen atoms in total. The van der Waals surface area contributed by atoms with Gasteiger partial charge in [-0.3, -0.25) is 10.2 Å². The third kappa shape index (κ3) is 1.01. The zero-order valence-corrected chi connectivity index (χ0v) is 6.11. The molecule has 0 bridgehead atoms. The summed E-state index contributed by atoms with van der Waals surface area (Å²) in [5.41, 5.74) is 6.13. The monoisotopic (exact) mass is 162 g/mol. The average Bonchev–Trinajstić information content (AvgIpc) is 2.29. The third-order valence-electron chi connectivity index (χ3n) is 1.50. The van der Waals surface area contributed by atoms with Gasteiger partial charge in [0.1, 0.15) is 6.33 Å². The van der Waals surface area contributed by atoms with E-state index in [-0.39, 0.29) is 5.91 Å². The Morgan fingerprint density at radius 1 is 1.42 bits per heavy atom. The molecule has 5 heteroatoms. The standard InChI is InChI=1S/C7H6N4O/c12-7-5-3-8-4-9-6(5)1-2-10-11-7/h1-4,10H,(H,11,12). The topological polar surface area (TPSA) is 66.9 Å². The molecule has 0 atom stereocenters. The minimum atomic E-state index is -0.226. The van der Waals surface area contributed by atoms with E-state index in [1.807, 2.05) is 0 Å². The maximum absolute atomic E-state index is 11.2. The van der Waals surface area contributed by atoms with Crippen molar-refractivity contribution >= 4 is 12.0 Å². The molecule has 2 N–H and O–H groups in total. The van der Waals surface area contributed by atoms with Crippen LogP contribution in [0.15, 0.2) is 18.7 Å². The molecule has 0 unspecified atom stereocenters. The second kappa shape index (κ2) is 2.61. The molecule has 1 aromatic heterocycles. The predicted octanol–water partition coefficient (Wildman–Crippen LogP) is -0.305. The minimum absolute atomic E-state index is 0.226. The van der Waals surface area contributed by atoms with Gasteiger partial charge in [0.05, 0.1) is 11.3 Å². The normalized spacial score (nSPS) is 14.2. The van der Waals surface area contributed by atoms with Crippen molar-refractivity contribution in [3.63, 3.8) is 0 Å². The highest BCUT2D eigenvalue weighted by Crippen LogP contribution is 2.06. The van der Waals surface area contributed by atoms with E-state index in [2.05, 4.69) is 20.8 Å². The zero-order valence-electron chi connectivity index (χ0n) is 6.11. The Morgan fingerprint density at radius 2 is 2.33 bits per heavy atom. The van der Waals surface area contributed by atoms with Crippen LogP contribution >= 0.6 is 0 Å². The van der Waals surface area contributed by atoms with Crippen molar-refractivity contribution in [2.45, 2.75) is 0 Å². The number of nitrogens with zero attached hydrogens (tertiary/aromatic N) is 2. The Balaban J connectivity index is 2.56. The Bertz CT molecular complexity index is 347. The molecule has 1 aliphatic rings. The van der Waals surface area contributed by atoms with Crippen LogP contribution in [0, 0.1) is 0 Å². The Labute approximate surface area is 68.5 Å². The maximum Gasteiger partial charge on any atom is 0.273 e. The van der Waals surface area contributed by atoms with Crippen LogP contribution in [0.4, 0.5) is 0 Å². The van der Waals surface area contributed by atoms with Crippen molar-refractivity contribution in [2.24, 2.45) is 0 Å². The quantitative estimate of drug-likeness (QED) is 0.549. The first kappa shape index (κ1) is 6.78. The Hall–Kier alpha value is -1.91. The van der Waals surface area contributed by atoms with Gasteiger partial charge >= 0.3 is 0 Å². The van der Waals surface area contributed by atoms with E-state index < -0.39 is 0 Å². The van der Waals surface area contributed by atoms with Gasteiger partial charge in [-0.05, 0) is 6.08 Å². The number of hydrogen-bond acceptors (Lipinski definition) is 4. The van der Waals surface area contributed by atoms with E-state index in [0.717, 1.165) is 0 Å². The van der Waals surface area contributed by atoms with Crippen LogP contribution in [0.3, 0.4) is 0 Å². The van der Waals surface area contributed by atoms with Gasteiger partial charge in [0.25, 0.3) is 5.91 Å². The number of amides is 1. The van der Waals surface area contributed by atoms with Crippen LogP contribution in [0.5, 0.6) is 0 Å². The SMILES string of the molecule is O=C1NNC=Cc2ncncc21. The molecule has 2 heterocycles. The number of nitrogens with one attached hydrogen (secondary N) is 2. The number of aromatic nitrogens is 2. The molecule has 0 saturated carbocycles. The second-order valence-electron chi connectivity index (χ2n) is 2.25. The van der Waals surface area contributed by atoms with E-state index in [1.165, 1.54) is 12.5 Å². The lowest BCUT2D eigenvalue weighted by Gasteiger charge is -2.00. The number of hydrazine groups is 1. The zero-order chi connectivity index (χ0) is 8.39. The molecule has 0 saturated heterocycles. The molecule has 0 spiro atoms. The van der Waals surface area contributed by atoms with Crippen molar-refractivity contribution < 1.29 is 4.79 Å². The molecule has 60 valence electrons. The number of carbonyl (C=O) groups is 1. The van der Waals surface area contributed by atoms with Crippen LogP contribution in [-0.4, -0.2) is 15.9 Å². The van der Waals surface area contributed by atoms with Crippen molar-refractivity contribution in [3.8, 4) is 0 Å². The second-order valence-corrected chi connectivity index (χ2v) is 2.25. The summed E-state index contributed by atoms with van der Waals surface area (Å²) in [6, 6.07) is 0.